The molecule has 2 aliphatic rings. The highest BCUT2D eigenvalue weighted by Gasteiger charge is 2.53. The first-order chi connectivity index (χ1) is 16.0. The predicted molar refractivity (Wildman–Crippen MR) is 120 cm³/mol. The molecule has 1 amide bonds. The van der Waals surface area contributed by atoms with Gasteiger partial charge in [-0.05, 0) is 24.6 Å². The van der Waals surface area contributed by atoms with E-state index >= 15 is 4.39 Å². The number of nitrogens with zero attached hydrogens (tertiary/aromatic N) is 2. The molecule has 3 aromatic rings. The molecule has 33 heavy (non-hydrogen) atoms. The number of aliphatic imine (C=N–C) groups is 1. The molecule has 0 spiro atoms. The highest BCUT2D eigenvalue weighted by atomic mass is 32.2. The summed E-state index contributed by atoms with van der Waals surface area (Å²) in [5.41, 5.74) is -0.412. The Labute approximate surface area is 193 Å². The minimum Gasteiger partial charge on any atom is -0.446 e. The lowest BCUT2D eigenvalue weighted by Gasteiger charge is -2.48. The summed E-state index contributed by atoms with van der Waals surface area (Å²) in [6, 6.07) is 12.3. The number of oxazole rings is 1. The molecule has 1 N–H and O–H groups in total. The average Bonchev–Trinajstić information content (AvgIpc) is 3.34. The van der Waals surface area contributed by atoms with Crippen molar-refractivity contribution in [2.45, 2.75) is 30.2 Å². The minimum atomic E-state index is -1.13. The van der Waals surface area contributed by atoms with Gasteiger partial charge in [0.05, 0.1) is 12.8 Å². The normalized spacial score (nSPS) is 26.9. The third-order valence-electron chi connectivity index (χ3n) is 6.13. The molecule has 0 saturated carbocycles. The largest absolute Gasteiger partial charge is 0.446 e. The number of amides is 1. The van der Waals surface area contributed by atoms with Crippen LogP contribution in [0.2, 0.25) is 0 Å². The number of carbonyl (C=O) groups excluding carboxylic acids is 1. The molecule has 2 aliphatic heterocycles. The number of rotatable bonds is 3. The van der Waals surface area contributed by atoms with Crippen LogP contribution in [0.4, 0.5) is 8.78 Å². The molecule has 3 heterocycles. The van der Waals surface area contributed by atoms with Crippen LogP contribution in [0.1, 0.15) is 41.3 Å². The maximum Gasteiger partial charge on any atom is 0.257 e. The van der Waals surface area contributed by atoms with Gasteiger partial charge in [0, 0.05) is 28.4 Å². The number of hydrogen-bond donors (Lipinski definition) is 1. The Morgan fingerprint density at radius 3 is 2.76 bits per heavy atom. The molecule has 1 saturated heterocycles. The number of fused-ring (bicyclic) bond motifs is 1. The third-order valence-corrected chi connectivity index (χ3v) is 7.25. The Kier molecular flexibility index (Phi) is 5.76. The van der Waals surface area contributed by atoms with Gasteiger partial charge in [-0.2, -0.15) is 0 Å². The zero-order chi connectivity index (χ0) is 23.0. The van der Waals surface area contributed by atoms with E-state index in [1.807, 2.05) is 13.0 Å². The van der Waals surface area contributed by atoms with Gasteiger partial charge in [-0.25, -0.2) is 18.8 Å². The second-order valence-corrected chi connectivity index (χ2v) is 9.49. The Morgan fingerprint density at radius 2 is 2.03 bits per heavy atom. The Bertz CT molecular complexity index is 1190. The van der Waals surface area contributed by atoms with E-state index in [1.54, 1.807) is 30.5 Å². The number of aromatic nitrogens is 1. The van der Waals surface area contributed by atoms with Crippen molar-refractivity contribution in [3.8, 4) is 0 Å². The summed E-state index contributed by atoms with van der Waals surface area (Å²) in [7, 11) is 0. The van der Waals surface area contributed by atoms with Crippen LogP contribution >= 0.6 is 11.8 Å². The monoisotopic (exact) mass is 469 g/mol. The number of carbonyl (C=O) groups is 1. The van der Waals surface area contributed by atoms with E-state index < -0.39 is 23.3 Å². The van der Waals surface area contributed by atoms with Crippen LogP contribution in [-0.4, -0.2) is 27.9 Å². The van der Waals surface area contributed by atoms with Gasteiger partial charge < -0.3 is 14.5 Å². The quantitative estimate of drug-likeness (QED) is 0.594. The molecule has 4 atom stereocenters. The van der Waals surface area contributed by atoms with Crippen molar-refractivity contribution >= 4 is 22.8 Å². The summed E-state index contributed by atoms with van der Waals surface area (Å²) in [6.45, 7) is 2.04. The topological polar surface area (TPSA) is 76.7 Å². The standard InChI is InChI=1S/C24H21F2N3O3S/c1-14-18-12-20(22-27-9-10-31-22)32-13-24(18,17-8-7-16(25)11-19(17)26)29-23(33-14)28-21(30)15-5-3-2-4-6-15/h2-11,14,18,20H,12-13H2,1H3,(H,28,29,30). The van der Waals surface area contributed by atoms with Crippen molar-refractivity contribution in [3.63, 3.8) is 0 Å². The summed E-state index contributed by atoms with van der Waals surface area (Å²) >= 11 is 1.41. The summed E-state index contributed by atoms with van der Waals surface area (Å²) in [5, 5.41) is 3.17. The number of benzene rings is 2. The molecule has 5 rings (SSSR count). The lowest BCUT2D eigenvalue weighted by atomic mass is 9.72. The summed E-state index contributed by atoms with van der Waals surface area (Å²) in [6.07, 6.45) is 3.11. The van der Waals surface area contributed by atoms with Crippen molar-refractivity contribution in [1.29, 1.82) is 0 Å². The van der Waals surface area contributed by atoms with Gasteiger partial charge in [0.25, 0.3) is 5.91 Å². The molecule has 6 nitrogen and oxygen atoms in total. The smallest absolute Gasteiger partial charge is 0.257 e. The van der Waals surface area contributed by atoms with Gasteiger partial charge in [-0.1, -0.05) is 43.0 Å². The fourth-order valence-corrected chi connectivity index (χ4v) is 5.77. The molecule has 1 fully saturated rings. The van der Waals surface area contributed by atoms with E-state index in [1.165, 1.54) is 30.2 Å². The van der Waals surface area contributed by atoms with Crippen molar-refractivity contribution in [2.75, 3.05) is 6.61 Å². The van der Waals surface area contributed by atoms with Crippen molar-refractivity contribution in [1.82, 2.24) is 10.3 Å². The van der Waals surface area contributed by atoms with Crippen molar-refractivity contribution in [3.05, 3.63) is 89.6 Å². The van der Waals surface area contributed by atoms with E-state index in [0.717, 1.165) is 6.07 Å². The van der Waals surface area contributed by atoms with Gasteiger partial charge in [0.2, 0.25) is 5.89 Å². The lowest BCUT2D eigenvalue weighted by molar-refractivity contribution is -0.0750. The first-order valence-corrected chi connectivity index (χ1v) is 11.4. The molecule has 170 valence electrons. The number of nitrogens with one attached hydrogen (secondary N) is 1. The molecule has 1 aromatic heterocycles. The van der Waals surface area contributed by atoms with Crippen LogP contribution in [0.15, 0.2) is 70.4 Å². The molecule has 9 heteroatoms. The number of ether oxygens (including phenoxy) is 1. The van der Waals surface area contributed by atoms with Crippen LogP contribution in [-0.2, 0) is 10.3 Å². The first-order valence-electron chi connectivity index (χ1n) is 10.6. The summed E-state index contributed by atoms with van der Waals surface area (Å²) in [4.78, 5) is 21.8. The number of hydrogen-bond acceptors (Lipinski definition) is 6. The highest BCUT2D eigenvalue weighted by molar-refractivity contribution is 8.14. The van der Waals surface area contributed by atoms with Crippen LogP contribution in [0.3, 0.4) is 0 Å². The number of halogens is 2. The van der Waals surface area contributed by atoms with E-state index in [2.05, 4.69) is 10.3 Å². The van der Waals surface area contributed by atoms with Crippen LogP contribution in [0, 0.1) is 17.6 Å². The minimum absolute atomic E-state index is 0.0306. The van der Waals surface area contributed by atoms with Crippen LogP contribution < -0.4 is 5.32 Å². The van der Waals surface area contributed by atoms with E-state index in [4.69, 9.17) is 14.1 Å². The number of amidine groups is 1. The maximum atomic E-state index is 15.1. The SMILES string of the molecule is CC1SC(NC(=O)c2ccccc2)=NC2(c3ccc(F)cc3F)COC(c3ncco3)CC12. The Morgan fingerprint density at radius 1 is 1.21 bits per heavy atom. The second kappa shape index (κ2) is 8.72. The zero-order valence-electron chi connectivity index (χ0n) is 17.7. The molecule has 0 radical (unpaired) electrons. The van der Waals surface area contributed by atoms with Crippen molar-refractivity contribution < 1.29 is 22.7 Å². The molecule has 4 unspecified atom stereocenters. The lowest BCUT2D eigenvalue weighted by Crippen LogP contribution is -2.52. The third kappa shape index (κ3) is 4.06. The highest BCUT2D eigenvalue weighted by Crippen LogP contribution is 2.52. The van der Waals surface area contributed by atoms with E-state index in [0.29, 0.717) is 23.0 Å². The second-order valence-electron chi connectivity index (χ2n) is 8.12. The number of thioether (sulfide) groups is 1. The fraction of sp³-hybridized carbons (Fsp3) is 0.292. The summed E-state index contributed by atoms with van der Waals surface area (Å²) < 4.78 is 40.3. The van der Waals surface area contributed by atoms with Gasteiger partial charge in [0.15, 0.2) is 5.17 Å². The summed E-state index contributed by atoms with van der Waals surface area (Å²) in [5.74, 6) is -1.40. The predicted octanol–water partition coefficient (Wildman–Crippen LogP) is 4.85. The molecule has 0 bridgehead atoms. The average molecular weight is 470 g/mol. The fourth-order valence-electron chi connectivity index (χ4n) is 4.55. The van der Waals surface area contributed by atoms with Crippen LogP contribution in [0.25, 0.3) is 0 Å². The van der Waals surface area contributed by atoms with Gasteiger partial charge in [-0.15, -0.1) is 0 Å². The molecular weight excluding hydrogens is 448 g/mol. The molecular formula is C24H21F2N3O3S. The van der Waals surface area contributed by atoms with Crippen molar-refractivity contribution in [2.24, 2.45) is 10.9 Å². The Balaban J connectivity index is 1.54. The molecule has 0 aliphatic carbocycles. The van der Waals surface area contributed by atoms with Gasteiger partial charge in [-0.3, -0.25) is 4.79 Å². The van der Waals surface area contributed by atoms with Gasteiger partial charge in [0.1, 0.15) is 29.5 Å². The van der Waals surface area contributed by atoms with E-state index in [-0.39, 0.29) is 29.2 Å². The van der Waals surface area contributed by atoms with Gasteiger partial charge >= 0.3 is 0 Å². The first kappa shape index (κ1) is 21.8. The molecule has 2 aromatic carbocycles. The zero-order valence-corrected chi connectivity index (χ0v) is 18.5. The van der Waals surface area contributed by atoms with Crippen LogP contribution in [0.5, 0.6) is 0 Å². The Hall–Kier alpha value is -3.04. The van der Waals surface area contributed by atoms with E-state index in [9.17, 15) is 9.18 Å². The maximum absolute atomic E-state index is 15.1.